The number of amides is 1. The minimum atomic E-state index is -0.556. The summed E-state index contributed by atoms with van der Waals surface area (Å²) in [6.07, 6.45) is 0. The Hall–Kier alpha value is -1.26. The molecule has 0 radical (unpaired) electrons. The number of nitrogens with two attached hydrogens (primary N) is 1. The number of hydrogen-bond acceptors (Lipinski definition) is 3. The summed E-state index contributed by atoms with van der Waals surface area (Å²) in [6.45, 7) is 3.94. The van der Waals surface area contributed by atoms with Gasteiger partial charge in [-0.1, -0.05) is 0 Å². The van der Waals surface area contributed by atoms with Gasteiger partial charge in [-0.25, -0.2) is 0 Å². The maximum absolute atomic E-state index is 11.8. The minimum absolute atomic E-state index is 0. The zero-order valence-corrected chi connectivity index (χ0v) is 11.1. The number of hydrogen-bond donors (Lipinski definition) is 2. The van der Waals surface area contributed by atoms with E-state index in [1.165, 1.54) is 0 Å². The summed E-state index contributed by atoms with van der Waals surface area (Å²) in [5.41, 5.74) is 5.71. The number of anilines is 1. The van der Waals surface area contributed by atoms with Crippen molar-refractivity contribution in [2.75, 3.05) is 19.0 Å². The molecule has 0 aliphatic carbocycles. The van der Waals surface area contributed by atoms with Gasteiger partial charge in [-0.3, -0.25) is 4.79 Å². The second kappa shape index (κ2) is 6.47. The van der Waals surface area contributed by atoms with E-state index in [0.717, 1.165) is 11.4 Å². The quantitative estimate of drug-likeness (QED) is 0.869. The van der Waals surface area contributed by atoms with E-state index < -0.39 is 5.41 Å². The van der Waals surface area contributed by atoms with E-state index in [0.29, 0.717) is 6.54 Å². The third kappa shape index (κ3) is 4.24. The van der Waals surface area contributed by atoms with Gasteiger partial charge in [-0.05, 0) is 38.1 Å². The van der Waals surface area contributed by atoms with Crippen LogP contribution in [0, 0.1) is 5.41 Å². The van der Waals surface area contributed by atoms with Crippen molar-refractivity contribution in [3.8, 4) is 5.75 Å². The number of methoxy groups -OCH3 is 1. The third-order valence-electron chi connectivity index (χ3n) is 2.47. The highest BCUT2D eigenvalue weighted by atomic mass is 35.5. The van der Waals surface area contributed by atoms with Crippen LogP contribution in [-0.4, -0.2) is 19.6 Å². The van der Waals surface area contributed by atoms with Gasteiger partial charge in [0.25, 0.3) is 0 Å². The van der Waals surface area contributed by atoms with Crippen molar-refractivity contribution in [3.63, 3.8) is 0 Å². The molecular weight excluding hydrogens is 240 g/mol. The van der Waals surface area contributed by atoms with E-state index in [1.54, 1.807) is 31.4 Å². The van der Waals surface area contributed by atoms with Gasteiger partial charge < -0.3 is 15.8 Å². The molecule has 96 valence electrons. The summed E-state index contributed by atoms with van der Waals surface area (Å²) < 4.78 is 5.03. The zero-order chi connectivity index (χ0) is 12.2. The lowest BCUT2D eigenvalue weighted by molar-refractivity contribution is -0.123. The molecule has 0 unspecified atom stereocenters. The van der Waals surface area contributed by atoms with Gasteiger partial charge in [0.2, 0.25) is 5.91 Å². The normalized spacial score (nSPS) is 10.4. The van der Waals surface area contributed by atoms with Crippen LogP contribution >= 0.6 is 12.4 Å². The summed E-state index contributed by atoms with van der Waals surface area (Å²) >= 11 is 0. The molecule has 0 atom stereocenters. The minimum Gasteiger partial charge on any atom is -0.497 e. The van der Waals surface area contributed by atoms with Gasteiger partial charge >= 0.3 is 0 Å². The first-order valence-corrected chi connectivity index (χ1v) is 5.15. The SMILES string of the molecule is COc1ccc(NC(=O)C(C)(C)CN)cc1.Cl. The highest BCUT2D eigenvalue weighted by Crippen LogP contribution is 2.19. The molecule has 0 aliphatic heterocycles. The summed E-state index contributed by atoms with van der Waals surface area (Å²) in [5, 5.41) is 2.81. The maximum atomic E-state index is 11.8. The van der Waals surface area contributed by atoms with Crippen LogP contribution in [0.25, 0.3) is 0 Å². The lowest BCUT2D eigenvalue weighted by Crippen LogP contribution is -2.37. The lowest BCUT2D eigenvalue weighted by atomic mass is 9.92. The fraction of sp³-hybridized carbons (Fsp3) is 0.417. The highest BCUT2D eigenvalue weighted by Gasteiger charge is 2.25. The largest absolute Gasteiger partial charge is 0.497 e. The Kier molecular flexibility index (Phi) is 5.99. The van der Waals surface area contributed by atoms with E-state index in [-0.39, 0.29) is 18.3 Å². The van der Waals surface area contributed by atoms with E-state index in [9.17, 15) is 4.79 Å². The van der Waals surface area contributed by atoms with Gasteiger partial charge in [-0.15, -0.1) is 12.4 Å². The molecule has 1 rings (SSSR count). The standard InChI is InChI=1S/C12H18N2O2.ClH/c1-12(2,8-13)11(15)14-9-4-6-10(16-3)7-5-9;/h4-7H,8,13H2,1-3H3,(H,14,15);1H. The summed E-state index contributed by atoms with van der Waals surface area (Å²) in [7, 11) is 1.60. The molecule has 0 aromatic heterocycles. The molecule has 1 aromatic rings. The van der Waals surface area contributed by atoms with Crippen molar-refractivity contribution in [1.82, 2.24) is 0 Å². The van der Waals surface area contributed by atoms with Crippen LogP contribution in [0.1, 0.15) is 13.8 Å². The Bertz CT molecular complexity index is 363. The van der Waals surface area contributed by atoms with Crippen LogP contribution < -0.4 is 15.8 Å². The first-order chi connectivity index (χ1) is 7.49. The average Bonchev–Trinajstić information content (AvgIpc) is 2.30. The molecule has 0 aliphatic rings. The monoisotopic (exact) mass is 258 g/mol. The lowest BCUT2D eigenvalue weighted by Gasteiger charge is -2.21. The fourth-order valence-electron chi connectivity index (χ4n) is 1.07. The molecule has 0 saturated carbocycles. The number of carbonyl (C=O) groups is 1. The molecule has 5 heteroatoms. The highest BCUT2D eigenvalue weighted by molar-refractivity contribution is 5.95. The number of nitrogens with one attached hydrogen (secondary N) is 1. The summed E-state index contributed by atoms with van der Waals surface area (Å²) in [4.78, 5) is 11.8. The van der Waals surface area contributed by atoms with Crippen LogP contribution in [0.2, 0.25) is 0 Å². The van der Waals surface area contributed by atoms with Gasteiger partial charge in [-0.2, -0.15) is 0 Å². The topological polar surface area (TPSA) is 64.3 Å². The van der Waals surface area contributed by atoms with Crippen LogP contribution in [-0.2, 0) is 4.79 Å². The second-order valence-electron chi connectivity index (χ2n) is 4.27. The third-order valence-corrected chi connectivity index (χ3v) is 2.47. The smallest absolute Gasteiger partial charge is 0.231 e. The molecule has 1 amide bonds. The molecule has 0 bridgehead atoms. The van der Waals surface area contributed by atoms with E-state index >= 15 is 0 Å². The van der Waals surface area contributed by atoms with Gasteiger partial charge in [0.1, 0.15) is 5.75 Å². The molecular formula is C12H19ClN2O2. The Morgan fingerprint density at radius 1 is 1.35 bits per heavy atom. The Morgan fingerprint density at radius 3 is 2.29 bits per heavy atom. The molecule has 0 fully saturated rings. The van der Waals surface area contributed by atoms with Crippen molar-refractivity contribution >= 4 is 24.0 Å². The first-order valence-electron chi connectivity index (χ1n) is 5.15. The fourth-order valence-corrected chi connectivity index (χ4v) is 1.07. The van der Waals surface area contributed by atoms with Crippen molar-refractivity contribution in [2.24, 2.45) is 11.1 Å². The maximum Gasteiger partial charge on any atom is 0.231 e. The Labute approximate surface area is 108 Å². The molecule has 17 heavy (non-hydrogen) atoms. The second-order valence-corrected chi connectivity index (χ2v) is 4.27. The summed E-state index contributed by atoms with van der Waals surface area (Å²) in [6, 6.07) is 7.18. The number of ether oxygens (including phenoxy) is 1. The number of halogens is 1. The summed E-state index contributed by atoms with van der Waals surface area (Å²) in [5.74, 6) is 0.677. The molecule has 1 aromatic carbocycles. The number of carbonyl (C=O) groups excluding carboxylic acids is 1. The van der Waals surface area contributed by atoms with Gasteiger partial charge in [0.05, 0.1) is 12.5 Å². The van der Waals surface area contributed by atoms with Crippen molar-refractivity contribution in [3.05, 3.63) is 24.3 Å². The predicted octanol–water partition coefficient (Wildman–Crippen LogP) is 2.04. The van der Waals surface area contributed by atoms with E-state index in [1.807, 2.05) is 13.8 Å². The van der Waals surface area contributed by atoms with Crippen molar-refractivity contribution in [1.29, 1.82) is 0 Å². The van der Waals surface area contributed by atoms with Crippen LogP contribution in [0.15, 0.2) is 24.3 Å². The van der Waals surface area contributed by atoms with E-state index in [2.05, 4.69) is 5.32 Å². The molecule has 3 N–H and O–H groups in total. The number of rotatable bonds is 4. The molecule has 4 nitrogen and oxygen atoms in total. The van der Waals surface area contributed by atoms with Crippen LogP contribution in [0.5, 0.6) is 5.75 Å². The van der Waals surface area contributed by atoms with Crippen LogP contribution in [0.4, 0.5) is 5.69 Å². The van der Waals surface area contributed by atoms with Gasteiger partial charge in [0, 0.05) is 12.2 Å². The zero-order valence-electron chi connectivity index (χ0n) is 10.3. The number of benzene rings is 1. The molecule has 0 saturated heterocycles. The van der Waals surface area contributed by atoms with Crippen molar-refractivity contribution < 1.29 is 9.53 Å². The van der Waals surface area contributed by atoms with Crippen molar-refractivity contribution in [2.45, 2.75) is 13.8 Å². The van der Waals surface area contributed by atoms with E-state index in [4.69, 9.17) is 10.5 Å². The molecule has 0 spiro atoms. The Morgan fingerprint density at radius 2 is 1.88 bits per heavy atom. The average molecular weight is 259 g/mol. The predicted molar refractivity (Wildman–Crippen MR) is 71.7 cm³/mol. The Balaban J connectivity index is 0.00000256. The van der Waals surface area contributed by atoms with Crippen LogP contribution in [0.3, 0.4) is 0 Å². The van der Waals surface area contributed by atoms with Gasteiger partial charge in [0.15, 0.2) is 0 Å². The first kappa shape index (κ1) is 15.7. The molecule has 0 heterocycles.